The summed E-state index contributed by atoms with van der Waals surface area (Å²) in [6, 6.07) is 1.87. The summed E-state index contributed by atoms with van der Waals surface area (Å²) < 4.78 is 0. The summed E-state index contributed by atoms with van der Waals surface area (Å²) in [5.74, 6) is 0.848. The minimum absolute atomic E-state index is 0. The third kappa shape index (κ3) is 4.03. The van der Waals surface area contributed by atoms with E-state index in [2.05, 4.69) is 32.5 Å². The maximum atomic E-state index is 4.49. The van der Waals surface area contributed by atoms with Gasteiger partial charge in [0.05, 0.1) is 0 Å². The topological polar surface area (TPSA) is 62.7 Å². The maximum absolute atomic E-state index is 4.49. The van der Waals surface area contributed by atoms with E-state index in [0.29, 0.717) is 0 Å². The maximum Gasteiger partial charge on any atom is 0.129 e. The Morgan fingerprint density at radius 2 is 2.14 bits per heavy atom. The van der Waals surface area contributed by atoms with Crippen molar-refractivity contribution >= 4 is 30.6 Å². The Bertz CT molecular complexity index is 577. The van der Waals surface area contributed by atoms with E-state index < -0.39 is 0 Å². The SMILES string of the molecule is Cc1ncc2c(c1CNc1ccncn1)CCNC2.Cl.Cl. The molecule has 7 heteroatoms. The molecule has 0 saturated heterocycles. The normalized spacial score (nSPS) is 12.6. The Morgan fingerprint density at radius 3 is 2.90 bits per heavy atom. The first kappa shape index (κ1) is 17.6. The van der Waals surface area contributed by atoms with Gasteiger partial charge in [-0.2, -0.15) is 0 Å². The van der Waals surface area contributed by atoms with Crippen molar-refractivity contribution < 1.29 is 0 Å². The number of anilines is 1. The van der Waals surface area contributed by atoms with E-state index in [1.54, 1.807) is 12.5 Å². The van der Waals surface area contributed by atoms with Crippen LogP contribution in [0.3, 0.4) is 0 Å². The number of aromatic nitrogens is 3. The molecule has 1 aliphatic rings. The first-order valence-corrected chi connectivity index (χ1v) is 6.51. The molecular formula is C14H19Cl2N5. The number of rotatable bonds is 3. The summed E-state index contributed by atoms with van der Waals surface area (Å²) in [7, 11) is 0. The number of fused-ring (bicyclic) bond motifs is 1. The van der Waals surface area contributed by atoms with E-state index in [-0.39, 0.29) is 24.8 Å². The summed E-state index contributed by atoms with van der Waals surface area (Å²) in [5.41, 5.74) is 5.16. The van der Waals surface area contributed by atoms with Crippen molar-refractivity contribution in [1.29, 1.82) is 0 Å². The molecular weight excluding hydrogens is 309 g/mol. The largest absolute Gasteiger partial charge is 0.366 e. The first-order valence-electron chi connectivity index (χ1n) is 6.51. The van der Waals surface area contributed by atoms with Gasteiger partial charge in [0, 0.05) is 31.2 Å². The van der Waals surface area contributed by atoms with E-state index in [1.165, 1.54) is 16.7 Å². The number of hydrogen-bond donors (Lipinski definition) is 2. The van der Waals surface area contributed by atoms with Crippen molar-refractivity contribution in [1.82, 2.24) is 20.3 Å². The zero-order valence-electron chi connectivity index (χ0n) is 11.8. The van der Waals surface area contributed by atoms with Crippen LogP contribution in [0.1, 0.15) is 22.4 Å². The summed E-state index contributed by atoms with van der Waals surface area (Å²) in [6.07, 6.45) is 6.35. The second kappa shape index (κ2) is 8.12. The summed E-state index contributed by atoms with van der Waals surface area (Å²) in [6.45, 7) is 4.79. The van der Waals surface area contributed by atoms with Crippen LogP contribution in [0.5, 0.6) is 0 Å². The lowest BCUT2D eigenvalue weighted by Crippen LogP contribution is -2.26. The molecule has 0 spiro atoms. The highest BCUT2D eigenvalue weighted by Crippen LogP contribution is 2.21. The molecule has 0 fully saturated rings. The smallest absolute Gasteiger partial charge is 0.129 e. The first-order chi connectivity index (χ1) is 9.34. The van der Waals surface area contributed by atoms with Gasteiger partial charge in [-0.15, -0.1) is 24.8 Å². The van der Waals surface area contributed by atoms with Gasteiger partial charge < -0.3 is 10.6 Å². The fraction of sp³-hybridized carbons (Fsp3) is 0.357. The predicted octanol–water partition coefficient (Wildman–Crippen LogP) is 2.28. The van der Waals surface area contributed by atoms with Crippen LogP contribution in [-0.2, 0) is 19.5 Å². The second-order valence-electron chi connectivity index (χ2n) is 4.70. The van der Waals surface area contributed by atoms with Gasteiger partial charge in [0.15, 0.2) is 0 Å². The van der Waals surface area contributed by atoms with Crippen LogP contribution in [0.4, 0.5) is 5.82 Å². The molecule has 2 aromatic rings. The number of nitrogens with one attached hydrogen (secondary N) is 2. The average Bonchev–Trinajstić information content (AvgIpc) is 2.47. The lowest BCUT2D eigenvalue weighted by molar-refractivity contribution is 0.634. The third-order valence-corrected chi connectivity index (χ3v) is 3.50. The average molecular weight is 328 g/mol. The Labute approximate surface area is 136 Å². The van der Waals surface area contributed by atoms with Crippen LogP contribution in [0.25, 0.3) is 0 Å². The number of hydrogen-bond acceptors (Lipinski definition) is 5. The highest BCUT2D eigenvalue weighted by atomic mass is 35.5. The molecule has 2 aromatic heterocycles. The van der Waals surface area contributed by atoms with Crippen molar-refractivity contribution in [3.63, 3.8) is 0 Å². The van der Waals surface area contributed by atoms with E-state index in [0.717, 1.165) is 37.6 Å². The highest BCUT2D eigenvalue weighted by molar-refractivity contribution is 5.85. The fourth-order valence-corrected chi connectivity index (χ4v) is 2.45. The van der Waals surface area contributed by atoms with Crippen LogP contribution >= 0.6 is 24.8 Å². The molecule has 0 aromatic carbocycles. The molecule has 0 amide bonds. The minimum atomic E-state index is 0. The monoisotopic (exact) mass is 327 g/mol. The van der Waals surface area contributed by atoms with Crippen molar-refractivity contribution in [2.45, 2.75) is 26.4 Å². The van der Waals surface area contributed by atoms with Crippen molar-refractivity contribution in [2.24, 2.45) is 0 Å². The summed E-state index contributed by atoms with van der Waals surface area (Å²) in [4.78, 5) is 12.6. The molecule has 0 atom stereocenters. The Morgan fingerprint density at radius 1 is 1.29 bits per heavy atom. The van der Waals surface area contributed by atoms with E-state index in [9.17, 15) is 0 Å². The third-order valence-electron chi connectivity index (χ3n) is 3.50. The lowest BCUT2D eigenvalue weighted by Gasteiger charge is -2.21. The second-order valence-corrected chi connectivity index (χ2v) is 4.70. The number of halogens is 2. The molecule has 0 unspecified atom stereocenters. The highest BCUT2D eigenvalue weighted by Gasteiger charge is 2.15. The molecule has 2 N–H and O–H groups in total. The zero-order valence-corrected chi connectivity index (χ0v) is 13.4. The van der Waals surface area contributed by atoms with Crippen molar-refractivity contribution in [3.05, 3.63) is 47.2 Å². The van der Waals surface area contributed by atoms with Crippen molar-refractivity contribution in [3.8, 4) is 0 Å². The standard InChI is InChI=1S/C14H17N5.2ClH/c1-10-13(8-18-14-3-5-16-9-19-14)12-2-4-15-6-11(12)7-17-10;;/h3,5,7,9,15H,2,4,6,8H2,1H3,(H,16,18,19);2*1H. The van der Waals surface area contributed by atoms with Crippen LogP contribution < -0.4 is 10.6 Å². The summed E-state index contributed by atoms with van der Waals surface area (Å²) in [5, 5.41) is 6.72. The zero-order chi connectivity index (χ0) is 13.1. The van der Waals surface area contributed by atoms with Gasteiger partial charge in [-0.3, -0.25) is 4.98 Å². The lowest BCUT2D eigenvalue weighted by atomic mass is 9.96. The van der Waals surface area contributed by atoms with E-state index >= 15 is 0 Å². The Hall–Kier alpha value is -1.43. The Kier molecular flexibility index (Phi) is 6.81. The van der Waals surface area contributed by atoms with Gasteiger partial charge in [0.2, 0.25) is 0 Å². The van der Waals surface area contributed by atoms with Gasteiger partial charge >= 0.3 is 0 Å². The fourth-order valence-electron chi connectivity index (χ4n) is 2.45. The molecule has 0 aliphatic carbocycles. The minimum Gasteiger partial charge on any atom is -0.366 e. The van der Waals surface area contributed by atoms with E-state index in [1.807, 2.05) is 12.3 Å². The Balaban J connectivity index is 0.00000110. The molecule has 1 aliphatic heterocycles. The predicted molar refractivity (Wildman–Crippen MR) is 88.2 cm³/mol. The van der Waals surface area contributed by atoms with Gasteiger partial charge in [-0.05, 0) is 42.6 Å². The van der Waals surface area contributed by atoms with Gasteiger partial charge in [0.25, 0.3) is 0 Å². The number of nitrogens with zero attached hydrogens (tertiary/aromatic N) is 3. The van der Waals surface area contributed by atoms with Crippen LogP contribution in [-0.4, -0.2) is 21.5 Å². The molecule has 21 heavy (non-hydrogen) atoms. The van der Waals surface area contributed by atoms with Crippen LogP contribution in [0.15, 0.2) is 24.8 Å². The molecule has 5 nitrogen and oxygen atoms in total. The molecule has 0 radical (unpaired) electrons. The molecule has 0 bridgehead atoms. The summed E-state index contributed by atoms with van der Waals surface area (Å²) >= 11 is 0. The molecule has 0 saturated carbocycles. The van der Waals surface area contributed by atoms with Crippen molar-refractivity contribution in [2.75, 3.05) is 11.9 Å². The van der Waals surface area contributed by atoms with E-state index in [4.69, 9.17) is 0 Å². The van der Waals surface area contributed by atoms with Gasteiger partial charge in [0.1, 0.15) is 12.1 Å². The van der Waals surface area contributed by atoms with Crippen LogP contribution in [0.2, 0.25) is 0 Å². The molecule has 114 valence electrons. The van der Waals surface area contributed by atoms with Gasteiger partial charge in [-0.1, -0.05) is 0 Å². The quantitative estimate of drug-likeness (QED) is 0.905. The molecule has 3 rings (SSSR count). The number of aryl methyl sites for hydroxylation is 1. The van der Waals surface area contributed by atoms with Crippen LogP contribution in [0, 0.1) is 6.92 Å². The van der Waals surface area contributed by atoms with Gasteiger partial charge in [-0.25, -0.2) is 9.97 Å². The molecule has 3 heterocycles. The number of pyridine rings is 1.